The summed E-state index contributed by atoms with van der Waals surface area (Å²) >= 11 is 0. The Labute approximate surface area is 141 Å². The molecule has 0 unspecified atom stereocenters. The maximum atomic E-state index is 12.8. The van der Waals surface area contributed by atoms with Crippen LogP contribution >= 0.6 is 0 Å². The van der Waals surface area contributed by atoms with E-state index in [0.29, 0.717) is 19.5 Å². The van der Waals surface area contributed by atoms with Gasteiger partial charge in [-0.1, -0.05) is 42.5 Å². The Bertz CT molecular complexity index is 672. The SMILES string of the molecule is CC(=O)N(CC(=O)NCCc1ccc(F)cc1)Cc1ccccc1. The van der Waals surface area contributed by atoms with E-state index in [9.17, 15) is 14.0 Å². The summed E-state index contributed by atoms with van der Waals surface area (Å²) in [6.45, 7) is 2.32. The van der Waals surface area contributed by atoms with Crippen LogP contribution in [-0.4, -0.2) is 29.8 Å². The van der Waals surface area contributed by atoms with Gasteiger partial charge in [-0.3, -0.25) is 9.59 Å². The molecule has 0 heterocycles. The molecule has 126 valence electrons. The van der Waals surface area contributed by atoms with Crippen LogP contribution in [0.15, 0.2) is 54.6 Å². The van der Waals surface area contributed by atoms with Crippen LogP contribution in [-0.2, 0) is 22.6 Å². The molecule has 0 saturated heterocycles. The van der Waals surface area contributed by atoms with Gasteiger partial charge in [0.2, 0.25) is 11.8 Å². The van der Waals surface area contributed by atoms with Gasteiger partial charge in [0.1, 0.15) is 5.82 Å². The highest BCUT2D eigenvalue weighted by molar-refractivity contribution is 5.83. The number of halogens is 1. The molecule has 0 aromatic heterocycles. The van der Waals surface area contributed by atoms with Crippen LogP contribution < -0.4 is 5.32 Å². The predicted molar refractivity (Wildman–Crippen MR) is 90.6 cm³/mol. The van der Waals surface area contributed by atoms with Crippen LogP contribution in [0.4, 0.5) is 4.39 Å². The summed E-state index contributed by atoms with van der Waals surface area (Å²) in [4.78, 5) is 25.3. The summed E-state index contributed by atoms with van der Waals surface area (Å²) in [7, 11) is 0. The molecule has 0 fully saturated rings. The van der Waals surface area contributed by atoms with Gasteiger partial charge in [0.25, 0.3) is 0 Å². The third-order valence-electron chi connectivity index (χ3n) is 3.65. The molecular formula is C19H21FN2O2. The number of carbonyl (C=O) groups excluding carboxylic acids is 2. The Kier molecular flexibility index (Phi) is 6.49. The Morgan fingerprint density at radius 1 is 1.00 bits per heavy atom. The Morgan fingerprint density at radius 3 is 2.29 bits per heavy atom. The van der Waals surface area contributed by atoms with Crippen molar-refractivity contribution in [1.82, 2.24) is 10.2 Å². The van der Waals surface area contributed by atoms with Crippen LogP contribution in [0.3, 0.4) is 0 Å². The quantitative estimate of drug-likeness (QED) is 0.849. The zero-order valence-electron chi connectivity index (χ0n) is 13.7. The minimum Gasteiger partial charge on any atom is -0.354 e. The van der Waals surface area contributed by atoms with E-state index in [-0.39, 0.29) is 24.2 Å². The zero-order chi connectivity index (χ0) is 17.4. The lowest BCUT2D eigenvalue weighted by Gasteiger charge is -2.20. The first-order chi connectivity index (χ1) is 11.5. The highest BCUT2D eigenvalue weighted by atomic mass is 19.1. The lowest BCUT2D eigenvalue weighted by Crippen LogP contribution is -2.39. The van der Waals surface area contributed by atoms with Crippen molar-refractivity contribution in [2.24, 2.45) is 0 Å². The number of nitrogens with one attached hydrogen (secondary N) is 1. The fourth-order valence-electron chi connectivity index (χ4n) is 2.31. The first-order valence-corrected chi connectivity index (χ1v) is 7.85. The van der Waals surface area contributed by atoms with Gasteiger partial charge in [-0.2, -0.15) is 0 Å². The largest absolute Gasteiger partial charge is 0.354 e. The molecule has 5 heteroatoms. The molecular weight excluding hydrogens is 307 g/mol. The van der Waals surface area contributed by atoms with E-state index >= 15 is 0 Å². The molecule has 2 amide bonds. The maximum absolute atomic E-state index is 12.8. The molecule has 4 nitrogen and oxygen atoms in total. The summed E-state index contributed by atoms with van der Waals surface area (Å²) < 4.78 is 12.8. The van der Waals surface area contributed by atoms with E-state index in [0.717, 1.165) is 11.1 Å². The predicted octanol–water partition coefficient (Wildman–Crippen LogP) is 2.53. The second-order valence-electron chi connectivity index (χ2n) is 5.59. The number of hydrogen-bond donors (Lipinski definition) is 1. The van der Waals surface area contributed by atoms with Crippen molar-refractivity contribution >= 4 is 11.8 Å². The van der Waals surface area contributed by atoms with E-state index in [1.807, 2.05) is 30.3 Å². The summed E-state index contributed by atoms with van der Waals surface area (Å²) in [5.74, 6) is -0.628. The Hall–Kier alpha value is -2.69. The molecule has 0 spiro atoms. The van der Waals surface area contributed by atoms with Crippen molar-refractivity contribution in [3.8, 4) is 0 Å². The smallest absolute Gasteiger partial charge is 0.239 e. The summed E-state index contributed by atoms with van der Waals surface area (Å²) in [6, 6.07) is 15.7. The molecule has 0 atom stereocenters. The zero-order valence-corrected chi connectivity index (χ0v) is 13.7. The first kappa shape index (κ1) is 17.7. The molecule has 2 aromatic rings. The number of benzene rings is 2. The van der Waals surface area contributed by atoms with E-state index in [4.69, 9.17) is 0 Å². The molecule has 1 N–H and O–H groups in total. The number of hydrogen-bond acceptors (Lipinski definition) is 2. The molecule has 0 aliphatic carbocycles. The fourth-order valence-corrected chi connectivity index (χ4v) is 2.31. The van der Waals surface area contributed by atoms with Crippen LogP contribution in [0.5, 0.6) is 0 Å². The topological polar surface area (TPSA) is 49.4 Å². The summed E-state index contributed by atoms with van der Waals surface area (Å²) in [5.41, 5.74) is 1.93. The van der Waals surface area contributed by atoms with Crippen molar-refractivity contribution in [1.29, 1.82) is 0 Å². The van der Waals surface area contributed by atoms with Crippen LogP contribution in [0, 0.1) is 5.82 Å². The number of amides is 2. The molecule has 2 rings (SSSR count). The number of carbonyl (C=O) groups is 2. The molecule has 2 aromatic carbocycles. The van der Waals surface area contributed by atoms with Gasteiger partial charge >= 0.3 is 0 Å². The first-order valence-electron chi connectivity index (χ1n) is 7.85. The summed E-state index contributed by atoms with van der Waals surface area (Å²) in [5, 5.41) is 2.79. The van der Waals surface area contributed by atoms with Crippen LogP contribution in [0.25, 0.3) is 0 Å². The van der Waals surface area contributed by atoms with Gasteiger partial charge in [0.05, 0.1) is 6.54 Å². The standard InChI is InChI=1S/C19H21FN2O2/c1-15(23)22(13-17-5-3-2-4-6-17)14-19(24)21-12-11-16-7-9-18(20)10-8-16/h2-10H,11-14H2,1H3,(H,21,24). The number of rotatable bonds is 7. The Balaban J connectivity index is 1.80. The highest BCUT2D eigenvalue weighted by Gasteiger charge is 2.13. The highest BCUT2D eigenvalue weighted by Crippen LogP contribution is 2.05. The molecule has 0 radical (unpaired) electrons. The second kappa shape index (κ2) is 8.82. The fraction of sp³-hybridized carbons (Fsp3) is 0.263. The maximum Gasteiger partial charge on any atom is 0.239 e. The van der Waals surface area contributed by atoms with E-state index in [1.165, 1.54) is 24.0 Å². The Morgan fingerprint density at radius 2 is 1.67 bits per heavy atom. The molecule has 0 saturated carbocycles. The monoisotopic (exact) mass is 328 g/mol. The molecule has 0 bridgehead atoms. The van der Waals surface area contributed by atoms with Crippen molar-refractivity contribution in [2.75, 3.05) is 13.1 Å². The third kappa shape index (κ3) is 5.83. The van der Waals surface area contributed by atoms with E-state index in [2.05, 4.69) is 5.32 Å². The lowest BCUT2D eigenvalue weighted by atomic mass is 10.1. The van der Waals surface area contributed by atoms with Crippen molar-refractivity contribution in [3.05, 3.63) is 71.5 Å². The van der Waals surface area contributed by atoms with E-state index in [1.54, 1.807) is 12.1 Å². The lowest BCUT2D eigenvalue weighted by molar-refractivity contribution is -0.134. The molecule has 0 aliphatic rings. The van der Waals surface area contributed by atoms with Gasteiger partial charge in [-0.25, -0.2) is 4.39 Å². The second-order valence-corrected chi connectivity index (χ2v) is 5.59. The van der Waals surface area contributed by atoms with Gasteiger partial charge < -0.3 is 10.2 Å². The number of nitrogens with zero attached hydrogens (tertiary/aromatic N) is 1. The van der Waals surface area contributed by atoms with Gasteiger partial charge in [-0.15, -0.1) is 0 Å². The van der Waals surface area contributed by atoms with Crippen molar-refractivity contribution < 1.29 is 14.0 Å². The molecule has 24 heavy (non-hydrogen) atoms. The van der Waals surface area contributed by atoms with Gasteiger partial charge in [-0.05, 0) is 29.7 Å². The van der Waals surface area contributed by atoms with Crippen molar-refractivity contribution in [3.63, 3.8) is 0 Å². The van der Waals surface area contributed by atoms with Gasteiger partial charge in [0, 0.05) is 20.0 Å². The van der Waals surface area contributed by atoms with Crippen LogP contribution in [0.2, 0.25) is 0 Å². The average Bonchev–Trinajstić information content (AvgIpc) is 2.57. The minimum atomic E-state index is -0.277. The van der Waals surface area contributed by atoms with Crippen molar-refractivity contribution in [2.45, 2.75) is 19.9 Å². The summed E-state index contributed by atoms with van der Waals surface area (Å²) in [6.07, 6.45) is 0.616. The average molecular weight is 328 g/mol. The molecule has 0 aliphatic heterocycles. The van der Waals surface area contributed by atoms with Crippen LogP contribution in [0.1, 0.15) is 18.1 Å². The minimum absolute atomic E-state index is 0.0215. The normalized spacial score (nSPS) is 10.2. The van der Waals surface area contributed by atoms with Gasteiger partial charge in [0.15, 0.2) is 0 Å². The van der Waals surface area contributed by atoms with E-state index < -0.39 is 0 Å². The third-order valence-corrected chi connectivity index (χ3v) is 3.65.